The van der Waals surface area contributed by atoms with Gasteiger partial charge in [-0.1, -0.05) is 36.1 Å². The molecule has 1 N–H and O–H groups in total. The minimum atomic E-state index is -0.204. The van der Waals surface area contributed by atoms with E-state index in [-0.39, 0.29) is 18.3 Å². The number of hydrogen-bond acceptors (Lipinski definition) is 9. The van der Waals surface area contributed by atoms with Gasteiger partial charge in [-0.2, -0.15) is 0 Å². The lowest BCUT2D eigenvalue weighted by Gasteiger charge is -2.05. The molecule has 8 nitrogen and oxygen atoms in total. The predicted octanol–water partition coefficient (Wildman–Crippen LogP) is 3.41. The molecule has 1 amide bonds. The Morgan fingerprint density at radius 3 is 2.81 bits per heavy atom. The van der Waals surface area contributed by atoms with Gasteiger partial charge in [0.2, 0.25) is 11.0 Å². The minimum absolute atomic E-state index is 0.140. The first kappa shape index (κ1) is 19.3. The lowest BCUT2D eigenvalue weighted by molar-refractivity contribution is -0.113. The summed E-state index contributed by atoms with van der Waals surface area (Å²) in [6.45, 7) is 6.23. The van der Waals surface area contributed by atoms with E-state index in [2.05, 4.69) is 25.7 Å². The first-order valence-electron chi connectivity index (χ1n) is 8.31. The van der Waals surface area contributed by atoms with E-state index in [9.17, 15) is 4.79 Å². The van der Waals surface area contributed by atoms with Gasteiger partial charge in [-0.15, -0.1) is 20.4 Å². The van der Waals surface area contributed by atoms with Gasteiger partial charge in [0.15, 0.2) is 6.61 Å². The van der Waals surface area contributed by atoms with Gasteiger partial charge in [0.25, 0.3) is 11.1 Å². The molecule has 0 saturated carbocycles. The number of aromatic nitrogens is 4. The number of thioether (sulfide) groups is 1. The van der Waals surface area contributed by atoms with Crippen LogP contribution in [0.15, 0.2) is 27.8 Å². The van der Waals surface area contributed by atoms with E-state index in [1.807, 2.05) is 39.0 Å². The summed E-state index contributed by atoms with van der Waals surface area (Å²) in [5.41, 5.74) is 2.36. The van der Waals surface area contributed by atoms with Crippen molar-refractivity contribution < 1.29 is 13.9 Å². The minimum Gasteiger partial charge on any atom is -0.484 e. The van der Waals surface area contributed by atoms with Crippen LogP contribution in [-0.2, 0) is 17.8 Å². The molecule has 1 aromatic carbocycles. The lowest BCUT2D eigenvalue weighted by atomic mass is 10.1. The second-order valence-electron chi connectivity index (χ2n) is 5.69. The molecule has 0 spiro atoms. The summed E-state index contributed by atoms with van der Waals surface area (Å²) < 4.78 is 11.2. The number of nitrogens with zero attached hydrogens (tertiary/aromatic N) is 4. The van der Waals surface area contributed by atoms with E-state index in [0.717, 1.165) is 34.5 Å². The standard InChI is InChI=1S/C17H19N5O3S2/c1-4-15-20-21-16(27-15)18-13(23)9-26-17-22-19-14(25-17)8-24-12-6-5-10(2)11(3)7-12/h5-7H,4,8-9H2,1-3H3,(H,18,21,23). The molecule has 27 heavy (non-hydrogen) atoms. The van der Waals surface area contributed by atoms with Gasteiger partial charge in [-0.25, -0.2) is 0 Å². The summed E-state index contributed by atoms with van der Waals surface area (Å²) >= 11 is 2.52. The molecule has 0 bridgehead atoms. The highest BCUT2D eigenvalue weighted by molar-refractivity contribution is 7.99. The molecule has 0 aliphatic carbocycles. The average molecular weight is 406 g/mol. The van der Waals surface area contributed by atoms with Gasteiger partial charge in [-0.05, 0) is 43.5 Å². The molecule has 0 aliphatic heterocycles. The second kappa shape index (κ2) is 8.96. The molecule has 0 unspecified atom stereocenters. The molecule has 10 heteroatoms. The van der Waals surface area contributed by atoms with Gasteiger partial charge < -0.3 is 9.15 Å². The number of carbonyl (C=O) groups is 1. The molecule has 2 aromatic heterocycles. The smallest absolute Gasteiger partial charge is 0.277 e. The van der Waals surface area contributed by atoms with Crippen LogP contribution in [0.3, 0.4) is 0 Å². The predicted molar refractivity (Wildman–Crippen MR) is 103 cm³/mol. The first-order valence-corrected chi connectivity index (χ1v) is 10.1. The molecule has 0 fully saturated rings. The molecule has 3 rings (SSSR count). The van der Waals surface area contributed by atoms with E-state index in [0.29, 0.717) is 16.2 Å². The van der Waals surface area contributed by atoms with Crippen molar-refractivity contribution in [1.29, 1.82) is 0 Å². The number of amides is 1. The fourth-order valence-corrected chi connectivity index (χ4v) is 3.31. The number of rotatable bonds is 8. The number of aryl methyl sites for hydroxylation is 3. The Hall–Kier alpha value is -2.46. The van der Waals surface area contributed by atoms with E-state index in [4.69, 9.17) is 9.15 Å². The van der Waals surface area contributed by atoms with Gasteiger partial charge >= 0.3 is 0 Å². The van der Waals surface area contributed by atoms with Crippen molar-refractivity contribution in [2.45, 2.75) is 39.0 Å². The zero-order valence-corrected chi connectivity index (χ0v) is 16.8. The summed E-state index contributed by atoms with van der Waals surface area (Å²) in [5.74, 6) is 1.03. The highest BCUT2D eigenvalue weighted by atomic mass is 32.2. The van der Waals surface area contributed by atoms with Crippen molar-refractivity contribution in [2.24, 2.45) is 0 Å². The fourth-order valence-electron chi connectivity index (χ4n) is 2.03. The third kappa shape index (κ3) is 5.51. The van der Waals surface area contributed by atoms with E-state index in [1.54, 1.807) is 0 Å². The second-order valence-corrected chi connectivity index (χ2v) is 7.68. The van der Waals surface area contributed by atoms with E-state index >= 15 is 0 Å². The molecular weight excluding hydrogens is 386 g/mol. The van der Waals surface area contributed by atoms with Crippen LogP contribution in [0.2, 0.25) is 0 Å². The third-order valence-electron chi connectivity index (χ3n) is 3.63. The van der Waals surface area contributed by atoms with Crippen LogP contribution in [-0.4, -0.2) is 32.1 Å². The number of benzene rings is 1. The maximum absolute atomic E-state index is 12.0. The molecule has 142 valence electrons. The van der Waals surface area contributed by atoms with Gasteiger partial charge in [0, 0.05) is 0 Å². The Bertz CT molecular complexity index is 925. The fraction of sp³-hybridized carbons (Fsp3) is 0.353. The van der Waals surface area contributed by atoms with Crippen LogP contribution in [0.25, 0.3) is 0 Å². The topological polar surface area (TPSA) is 103 Å². The number of hydrogen-bond donors (Lipinski definition) is 1. The van der Waals surface area contributed by atoms with Crippen molar-refractivity contribution >= 4 is 34.1 Å². The van der Waals surface area contributed by atoms with Crippen molar-refractivity contribution in [2.75, 3.05) is 11.1 Å². The Labute approximate surface area is 164 Å². The molecular formula is C17H19N5O3S2. The van der Waals surface area contributed by atoms with Crippen molar-refractivity contribution in [3.8, 4) is 5.75 Å². The number of ether oxygens (including phenoxy) is 1. The van der Waals surface area contributed by atoms with Crippen LogP contribution < -0.4 is 10.1 Å². The van der Waals surface area contributed by atoms with Crippen molar-refractivity contribution in [1.82, 2.24) is 20.4 Å². The summed E-state index contributed by atoms with van der Waals surface area (Å²) in [6, 6.07) is 5.86. The maximum Gasteiger partial charge on any atom is 0.277 e. The molecule has 0 saturated heterocycles. The zero-order valence-electron chi connectivity index (χ0n) is 15.2. The lowest BCUT2D eigenvalue weighted by Crippen LogP contribution is -2.13. The maximum atomic E-state index is 12.0. The van der Waals surface area contributed by atoms with E-state index in [1.165, 1.54) is 16.9 Å². The van der Waals surface area contributed by atoms with Crippen LogP contribution in [0, 0.1) is 13.8 Å². The van der Waals surface area contributed by atoms with Crippen LogP contribution >= 0.6 is 23.1 Å². The van der Waals surface area contributed by atoms with Gasteiger partial charge in [0.1, 0.15) is 10.8 Å². The number of nitrogens with one attached hydrogen (secondary N) is 1. The molecule has 2 heterocycles. The number of carbonyl (C=O) groups excluding carboxylic acids is 1. The molecule has 3 aromatic rings. The first-order chi connectivity index (χ1) is 13.0. The van der Waals surface area contributed by atoms with Crippen LogP contribution in [0.1, 0.15) is 28.9 Å². The third-order valence-corrected chi connectivity index (χ3v) is 5.43. The Kier molecular flexibility index (Phi) is 6.40. The number of anilines is 1. The summed E-state index contributed by atoms with van der Waals surface area (Å²) in [5, 5.41) is 20.1. The normalized spacial score (nSPS) is 10.8. The summed E-state index contributed by atoms with van der Waals surface area (Å²) in [7, 11) is 0. The summed E-state index contributed by atoms with van der Waals surface area (Å²) in [4.78, 5) is 12.0. The molecule has 0 aliphatic rings. The van der Waals surface area contributed by atoms with Gasteiger partial charge in [0.05, 0.1) is 5.75 Å². The monoisotopic (exact) mass is 405 g/mol. The Morgan fingerprint density at radius 2 is 2.07 bits per heavy atom. The van der Waals surface area contributed by atoms with Crippen LogP contribution in [0.5, 0.6) is 5.75 Å². The Morgan fingerprint density at radius 1 is 1.22 bits per heavy atom. The average Bonchev–Trinajstić information content (AvgIpc) is 3.30. The highest BCUT2D eigenvalue weighted by Crippen LogP contribution is 2.20. The SMILES string of the molecule is CCc1nnc(NC(=O)CSc2nnc(COc3ccc(C)c(C)c3)o2)s1. The Balaban J connectivity index is 1.45. The summed E-state index contributed by atoms with van der Waals surface area (Å²) in [6.07, 6.45) is 0.789. The van der Waals surface area contributed by atoms with E-state index < -0.39 is 0 Å². The molecule has 0 radical (unpaired) electrons. The van der Waals surface area contributed by atoms with Crippen molar-refractivity contribution in [3.63, 3.8) is 0 Å². The quantitative estimate of drug-likeness (QED) is 0.569. The van der Waals surface area contributed by atoms with Crippen molar-refractivity contribution in [3.05, 3.63) is 40.2 Å². The van der Waals surface area contributed by atoms with Gasteiger partial charge in [-0.3, -0.25) is 10.1 Å². The van der Waals surface area contributed by atoms with Crippen LogP contribution in [0.4, 0.5) is 5.13 Å². The zero-order chi connectivity index (χ0) is 19.2. The highest BCUT2D eigenvalue weighted by Gasteiger charge is 2.12. The molecule has 0 atom stereocenters. The largest absolute Gasteiger partial charge is 0.484 e.